The standard InChI is InChI=1S/C19H20O2/c1-2-21-19(20)15-9-14-18(16-10-5-3-6-11-16)17-12-7-4-8-13-17/h3-13,15,18H,2,14H2,1H3. The molecule has 0 atom stereocenters. The van der Waals surface area contributed by atoms with Gasteiger partial charge in [-0.15, -0.1) is 0 Å². The van der Waals surface area contributed by atoms with E-state index in [9.17, 15) is 4.79 Å². The average Bonchev–Trinajstić information content (AvgIpc) is 2.53. The summed E-state index contributed by atoms with van der Waals surface area (Å²) >= 11 is 0. The van der Waals surface area contributed by atoms with Crippen LogP contribution in [0.2, 0.25) is 0 Å². The van der Waals surface area contributed by atoms with E-state index in [1.54, 1.807) is 0 Å². The van der Waals surface area contributed by atoms with Gasteiger partial charge in [0, 0.05) is 12.0 Å². The van der Waals surface area contributed by atoms with Gasteiger partial charge >= 0.3 is 5.97 Å². The van der Waals surface area contributed by atoms with E-state index in [0.717, 1.165) is 6.42 Å². The first-order valence-corrected chi connectivity index (χ1v) is 7.24. The van der Waals surface area contributed by atoms with Gasteiger partial charge in [0.25, 0.3) is 0 Å². The number of carbonyl (C=O) groups excluding carboxylic acids is 1. The molecule has 21 heavy (non-hydrogen) atoms. The number of hydrogen-bond donors (Lipinski definition) is 0. The Morgan fingerprint density at radius 2 is 1.52 bits per heavy atom. The van der Waals surface area contributed by atoms with Crippen molar-refractivity contribution in [1.82, 2.24) is 0 Å². The predicted molar refractivity (Wildman–Crippen MR) is 85.1 cm³/mol. The van der Waals surface area contributed by atoms with Gasteiger partial charge in [-0.2, -0.15) is 0 Å². The van der Waals surface area contributed by atoms with Crippen molar-refractivity contribution >= 4 is 5.97 Å². The van der Waals surface area contributed by atoms with Gasteiger partial charge in [0.05, 0.1) is 6.61 Å². The molecule has 0 fully saturated rings. The van der Waals surface area contributed by atoms with Crippen LogP contribution in [0.5, 0.6) is 0 Å². The zero-order chi connectivity index (χ0) is 14.9. The van der Waals surface area contributed by atoms with Crippen molar-refractivity contribution in [3.8, 4) is 0 Å². The Morgan fingerprint density at radius 3 is 2.00 bits per heavy atom. The van der Waals surface area contributed by atoms with Gasteiger partial charge < -0.3 is 4.74 Å². The van der Waals surface area contributed by atoms with Crippen molar-refractivity contribution in [2.75, 3.05) is 6.61 Å². The quantitative estimate of drug-likeness (QED) is 0.581. The Labute approximate surface area is 126 Å². The summed E-state index contributed by atoms with van der Waals surface area (Å²) in [7, 11) is 0. The maximum atomic E-state index is 11.4. The Hall–Kier alpha value is -2.35. The minimum atomic E-state index is -0.280. The third kappa shape index (κ3) is 4.60. The highest BCUT2D eigenvalue weighted by Gasteiger charge is 2.12. The molecule has 0 radical (unpaired) electrons. The van der Waals surface area contributed by atoms with E-state index in [4.69, 9.17) is 4.74 Å². The average molecular weight is 280 g/mol. The molecule has 0 unspecified atom stereocenters. The number of allylic oxidation sites excluding steroid dienone is 1. The summed E-state index contributed by atoms with van der Waals surface area (Å²) in [4.78, 5) is 11.4. The van der Waals surface area contributed by atoms with Crippen LogP contribution in [0.3, 0.4) is 0 Å². The van der Waals surface area contributed by atoms with Crippen LogP contribution in [0.1, 0.15) is 30.4 Å². The fourth-order valence-corrected chi connectivity index (χ4v) is 2.33. The molecule has 0 aliphatic carbocycles. The van der Waals surface area contributed by atoms with Gasteiger partial charge in [0.2, 0.25) is 0 Å². The molecule has 0 heterocycles. The lowest BCUT2D eigenvalue weighted by Gasteiger charge is -2.16. The first-order chi connectivity index (χ1) is 10.3. The zero-order valence-electron chi connectivity index (χ0n) is 12.2. The molecule has 0 N–H and O–H groups in total. The number of hydrogen-bond acceptors (Lipinski definition) is 2. The minimum absolute atomic E-state index is 0.248. The molecule has 2 aromatic carbocycles. The molecule has 108 valence electrons. The van der Waals surface area contributed by atoms with Crippen molar-refractivity contribution in [3.05, 3.63) is 83.9 Å². The third-order valence-electron chi connectivity index (χ3n) is 3.32. The van der Waals surface area contributed by atoms with Crippen LogP contribution in [-0.2, 0) is 9.53 Å². The third-order valence-corrected chi connectivity index (χ3v) is 3.32. The molecule has 0 saturated heterocycles. The minimum Gasteiger partial charge on any atom is -0.463 e. The first-order valence-electron chi connectivity index (χ1n) is 7.24. The molecule has 2 rings (SSSR count). The van der Waals surface area contributed by atoms with Crippen molar-refractivity contribution < 1.29 is 9.53 Å². The van der Waals surface area contributed by atoms with Crippen LogP contribution >= 0.6 is 0 Å². The summed E-state index contributed by atoms with van der Waals surface area (Å²) in [6.07, 6.45) is 4.18. The summed E-state index contributed by atoms with van der Waals surface area (Å²) in [6, 6.07) is 20.7. The largest absolute Gasteiger partial charge is 0.463 e. The maximum absolute atomic E-state index is 11.4. The zero-order valence-corrected chi connectivity index (χ0v) is 12.2. The molecule has 0 aliphatic rings. The highest BCUT2D eigenvalue weighted by molar-refractivity contribution is 5.81. The molecular weight excluding hydrogens is 260 g/mol. The fraction of sp³-hybridized carbons (Fsp3) is 0.211. The lowest BCUT2D eigenvalue weighted by atomic mass is 9.88. The fourth-order valence-electron chi connectivity index (χ4n) is 2.33. The number of benzene rings is 2. The number of rotatable bonds is 6. The Morgan fingerprint density at radius 1 is 1.00 bits per heavy atom. The summed E-state index contributed by atoms with van der Waals surface area (Å²) in [5.41, 5.74) is 2.49. The lowest BCUT2D eigenvalue weighted by molar-refractivity contribution is -0.137. The molecule has 0 aromatic heterocycles. The summed E-state index contributed by atoms with van der Waals surface area (Å²) in [5, 5.41) is 0. The SMILES string of the molecule is CCOC(=O)C=CCC(c1ccccc1)c1ccccc1. The number of esters is 1. The van der Waals surface area contributed by atoms with Crippen LogP contribution in [0.15, 0.2) is 72.8 Å². The van der Waals surface area contributed by atoms with Crippen molar-refractivity contribution in [3.63, 3.8) is 0 Å². The van der Waals surface area contributed by atoms with Gasteiger partial charge in [-0.05, 0) is 24.5 Å². The smallest absolute Gasteiger partial charge is 0.330 e. The molecule has 0 spiro atoms. The van der Waals surface area contributed by atoms with Crippen LogP contribution in [-0.4, -0.2) is 12.6 Å². The van der Waals surface area contributed by atoms with Crippen LogP contribution in [0.25, 0.3) is 0 Å². The van der Waals surface area contributed by atoms with Crippen LogP contribution < -0.4 is 0 Å². The van der Waals surface area contributed by atoms with Gasteiger partial charge in [0.15, 0.2) is 0 Å². The molecule has 0 amide bonds. The summed E-state index contributed by atoms with van der Waals surface area (Å²) in [5.74, 6) is -0.0320. The van der Waals surface area contributed by atoms with Crippen molar-refractivity contribution in [1.29, 1.82) is 0 Å². The second-order valence-corrected chi connectivity index (χ2v) is 4.76. The van der Waals surface area contributed by atoms with E-state index in [0.29, 0.717) is 6.61 Å². The van der Waals surface area contributed by atoms with Crippen LogP contribution in [0, 0.1) is 0 Å². The van der Waals surface area contributed by atoms with E-state index in [1.807, 2.05) is 49.4 Å². The Kier molecular flexibility index (Phi) is 5.77. The van der Waals surface area contributed by atoms with E-state index < -0.39 is 0 Å². The molecule has 2 heteroatoms. The second kappa shape index (κ2) is 8.05. The van der Waals surface area contributed by atoms with Crippen molar-refractivity contribution in [2.24, 2.45) is 0 Å². The van der Waals surface area contributed by atoms with E-state index >= 15 is 0 Å². The summed E-state index contributed by atoms with van der Waals surface area (Å²) < 4.78 is 4.91. The molecule has 0 bridgehead atoms. The molecule has 2 nitrogen and oxygen atoms in total. The lowest BCUT2D eigenvalue weighted by Crippen LogP contribution is -2.02. The van der Waals surface area contributed by atoms with Gasteiger partial charge in [-0.1, -0.05) is 66.7 Å². The molecule has 0 saturated carbocycles. The van der Waals surface area contributed by atoms with E-state index in [1.165, 1.54) is 17.2 Å². The Balaban J connectivity index is 2.16. The molecule has 2 aromatic rings. The van der Waals surface area contributed by atoms with Gasteiger partial charge in [-0.3, -0.25) is 0 Å². The van der Waals surface area contributed by atoms with Gasteiger partial charge in [-0.25, -0.2) is 4.79 Å². The maximum Gasteiger partial charge on any atom is 0.330 e. The normalized spacial score (nSPS) is 11.0. The summed E-state index contributed by atoms with van der Waals surface area (Å²) in [6.45, 7) is 2.21. The molecule has 0 aliphatic heterocycles. The molecular formula is C19H20O2. The number of carbonyl (C=O) groups is 1. The van der Waals surface area contributed by atoms with Gasteiger partial charge in [0.1, 0.15) is 0 Å². The predicted octanol–water partition coefficient (Wildman–Crippen LogP) is 4.33. The van der Waals surface area contributed by atoms with E-state index in [2.05, 4.69) is 24.3 Å². The first kappa shape index (κ1) is 15.0. The van der Waals surface area contributed by atoms with E-state index in [-0.39, 0.29) is 11.9 Å². The Bertz CT molecular complexity index is 534. The topological polar surface area (TPSA) is 26.3 Å². The second-order valence-electron chi connectivity index (χ2n) is 4.76. The highest BCUT2D eigenvalue weighted by atomic mass is 16.5. The number of ether oxygens (including phenoxy) is 1. The highest BCUT2D eigenvalue weighted by Crippen LogP contribution is 2.28. The van der Waals surface area contributed by atoms with Crippen molar-refractivity contribution in [2.45, 2.75) is 19.3 Å². The monoisotopic (exact) mass is 280 g/mol. The van der Waals surface area contributed by atoms with Crippen LogP contribution in [0.4, 0.5) is 0 Å².